The molecule has 0 aromatic carbocycles. The van der Waals surface area contributed by atoms with Gasteiger partial charge in [0.2, 0.25) is 0 Å². The zero-order valence-corrected chi connectivity index (χ0v) is 80.2. The zero-order chi connectivity index (χ0) is 80.9. The van der Waals surface area contributed by atoms with E-state index in [2.05, 4.69) is 327 Å². The SMILES string of the molecule is CC.CC(C)(C)CC(CN)C(C)(C)C.CC(C)(C)CC(CNCC(O)CNCC(CC(C)(C)C)C(C)(C)C)C(C)(C)C.CC(C)(C)CC(CNCCCCCC[N+](C)(C)C)C(C)(C)C.CCCCCCCCCCNCC(CC(C)(C)C)C(C)(C)C.CCl.CCl.C[ClH+].C[ClH+].C[ClH+].C[ClH+]. The van der Waals surface area contributed by atoms with Crippen LogP contribution in [0, 0.1) is 130 Å². The van der Waals surface area contributed by atoms with Crippen LogP contribution in [0.1, 0.15) is 338 Å². The van der Waals surface area contributed by atoms with Gasteiger partial charge in [-0.15, -0.1) is 23.2 Å². The number of quaternary nitrogens is 1. The maximum absolute atomic E-state index is 10.4. The van der Waals surface area contributed by atoms with Gasteiger partial charge in [-0.05, 0) is 187 Å². The Bertz CT molecular complexity index is 1500. The number of aliphatic hydroxyl groups excluding tert-OH is 1. The summed E-state index contributed by atoms with van der Waals surface area (Å²) in [4.78, 5) is 0. The molecule has 0 aromatic heterocycles. The van der Waals surface area contributed by atoms with Gasteiger partial charge in [0.25, 0.3) is 0 Å². The normalized spacial score (nSPS) is 14.0. The maximum atomic E-state index is 10.4. The highest BCUT2D eigenvalue weighted by Gasteiger charge is 2.33. The largest absolute Gasteiger partial charge is 0.390 e. The number of unbranched alkanes of at least 4 members (excludes halogenated alkanes) is 10. The summed E-state index contributed by atoms with van der Waals surface area (Å²) in [5.74, 6) is 3.36. The van der Waals surface area contributed by atoms with E-state index in [1.807, 2.05) is 13.8 Å². The molecule has 0 saturated heterocycles. The summed E-state index contributed by atoms with van der Waals surface area (Å²) in [5.41, 5.74) is 9.37. The second-order valence-corrected chi connectivity index (χ2v) is 39.7. The van der Waals surface area contributed by atoms with Crippen LogP contribution in [0.25, 0.3) is 0 Å². The number of alkyl halides is 6. The molecule has 5 unspecified atom stereocenters. The molecule has 7 N–H and O–H groups in total. The number of halogens is 6. The van der Waals surface area contributed by atoms with Crippen LogP contribution in [0.5, 0.6) is 0 Å². The number of nitrogens with one attached hydrogen (secondary N) is 4. The first-order valence-electron chi connectivity index (χ1n) is 38.9. The zero-order valence-electron chi connectivity index (χ0n) is 75.4. The molecular weight excluding hydrogens is 1330 g/mol. The minimum atomic E-state index is -0.342. The van der Waals surface area contributed by atoms with Gasteiger partial charge in [-0.1, -0.05) is 280 Å². The molecule has 0 spiro atoms. The van der Waals surface area contributed by atoms with E-state index in [1.54, 1.807) is 25.5 Å². The molecule has 0 saturated carbocycles. The Morgan fingerprint density at radius 1 is 0.316 bits per heavy atom. The minimum Gasteiger partial charge on any atom is -0.390 e. The van der Waals surface area contributed by atoms with E-state index < -0.39 is 0 Å². The molecule has 0 bridgehead atoms. The summed E-state index contributed by atoms with van der Waals surface area (Å²) < 4.78 is 1.10. The Morgan fingerprint density at radius 3 is 0.694 bits per heavy atom. The third-order valence-electron chi connectivity index (χ3n) is 17.2. The molecule has 7 nitrogen and oxygen atoms in total. The summed E-state index contributed by atoms with van der Waals surface area (Å²) >= 11 is 25.6. The summed E-state index contributed by atoms with van der Waals surface area (Å²) in [6, 6.07) is 0. The molecule has 0 aliphatic rings. The van der Waals surface area contributed by atoms with E-state index in [0.29, 0.717) is 74.2 Å². The third kappa shape index (κ3) is 102. The lowest BCUT2D eigenvalue weighted by atomic mass is 9.72. The molecule has 0 aliphatic heterocycles. The lowest BCUT2D eigenvalue weighted by molar-refractivity contribution is -0.870. The monoisotopic (exact) mass is 1530 g/mol. The summed E-state index contributed by atoms with van der Waals surface area (Å²) in [5, 5.41) is 24.9. The first-order valence-corrected chi connectivity index (χ1v) is 43.6. The molecule has 0 rings (SSSR count). The fourth-order valence-corrected chi connectivity index (χ4v) is 11.2. The highest BCUT2D eigenvalue weighted by atomic mass is 35.5. The Labute approximate surface area is 654 Å². The minimum absolute atomic E-state index is 0.274. The van der Waals surface area contributed by atoms with Gasteiger partial charge in [0, 0.05) is 25.9 Å². The number of nitrogens with two attached hydrogens (primary N) is 1. The van der Waals surface area contributed by atoms with Gasteiger partial charge in [0.05, 0.1) is 33.8 Å². The fraction of sp³-hybridized carbons (Fsp3) is 1.00. The van der Waals surface area contributed by atoms with Crippen molar-refractivity contribution < 1.29 is 56.0 Å². The van der Waals surface area contributed by atoms with Crippen molar-refractivity contribution in [3.05, 3.63) is 0 Å². The molecule has 5 atom stereocenters. The van der Waals surface area contributed by atoms with Crippen molar-refractivity contribution >= 4 is 23.2 Å². The number of nitrogens with zero attached hydrogens (tertiary/aromatic N) is 1. The van der Waals surface area contributed by atoms with Crippen LogP contribution < -0.4 is 27.0 Å². The number of hydrogen-bond donors (Lipinski definition) is 6. The molecular formula is C85H197Cl6N6O+5. The van der Waals surface area contributed by atoms with Gasteiger partial charge in [0.15, 0.2) is 25.5 Å². The van der Waals surface area contributed by atoms with E-state index in [9.17, 15) is 5.11 Å². The van der Waals surface area contributed by atoms with Crippen molar-refractivity contribution in [1.82, 2.24) is 21.3 Å². The predicted octanol–water partition coefficient (Wildman–Crippen LogP) is 22.9. The van der Waals surface area contributed by atoms with Gasteiger partial charge in [-0.25, -0.2) is 0 Å². The average molecular weight is 1530 g/mol. The molecule has 0 aliphatic carbocycles. The van der Waals surface area contributed by atoms with E-state index in [0.717, 1.165) is 36.0 Å². The van der Waals surface area contributed by atoms with Gasteiger partial charge in [-0.2, -0.15) is 0 Å². The predicted molar refractivity (Wildman–Crippen MR) is 450 cm³/mol. The standard InChI is InChI=1S/C25H54N2O.C21H45N.C20H45N2.C11H25N.C2H6.4CH4Cl.2CH3Cl/c1-22(2,3)13-19(24(7,8)9)15-26-17-21(28)18-27-16-20(25(10,11)12)14-23(4,5)6;1-8-9-10-11-12-13-14-15-16-22-18-19(21(5,6)7)17-20(2,3)4;1-19(2,3)16-18(20(4,5)6)17-21-14-12-10-11-13-15-22(7,8)9;1-10(2,3)7-9(8-12)11(4,5)6;7*1-2/h19-21,26-28H,13-18H2,1-12H3;19,22H,8-18H2,1-7H3;18,21H,10-17H2,1-9H3;9H,7-8,12H2,1-6H3;1-2H3;4*2H,1H3;2*1H3/q;;+1;;;4*+1;;. The second kappa shape index (κ2) is 69.0. The van der Waals surface area contributed by atoms with Crippen LogP contribution in [-0.2, 0) is 0 Å². The highest BCUT2D eigenvalue weighted by Crippen LogP contribution is 2.39. The number of aliphatic hydroxyl groups is 1. The van der Waals surface area contributed by atoms with Gasteiger partial charge >= 0.3 is 0 Å². The Balaban J connectivity index is -0.000000110. The van der Waals surface area contributed by atoms with Crippen molar-refractivity contribution in [3.8, 4) is 0 Å². The average Bonchev–Trinajstić information content (AvgIpc) is 0.930. The van der Waals surface area contributed by atoms with Gasteiger partial charge in [-0.3, -0.25) is 0 Å². The molecule has 0 heterocycles. The number of rotatable bonds is 34. The molecule has 13 heteroatoms. The molecule has 0 aromatic rings. The third-order valence-corrected chi connectivity index (χ3v) is 17.2. The summed E-state index contributed by atoms with van der Waals surface area (Å²) in [6.45, 7) is 86.3. The Kier molecular flexibility index (Phi) is 86.7. The van der Waals surface area contributed by atoms with Crippen molar-refractivity contribution in [3.63, 3.8) is 0 Å². The first kappa shape index (κ1) is 123. The summed E-state index contributed by atoms with van der Waals surface area (Å²) in [6.07, 6.45) is 31.8. The maximum Gasteiger partial charge on any atom is 0.160 e. The molecule has 98 heavy (non-hydrogen) atoms. The van der Waals surface area contributed by atoms with Crippen molar-refractivity contribution in [1.29, 1.82) is 0 Å². The molecule has 0 amide bonds. The Hall–Kier alpha value is 1.46. The first-order chi connectivity index (χ1) is 44.5. The quantitative estimate of drug-likeness (QED) is 0.0218. The fourth-order valence-electron chi connectivity index (χ4n) is 11.2. The van der Waals surface area contributed by atoms with Crippen LogP contribution in [0.3, 0.4) is 0 Å². The van der Waals surface area contributed by atoms with Crippen molar-refractivity contribution in [2.75, 3.05) is 125 Å². The lowest BCUT2D eigenvalue weighted by Gasteiger charge is -2.36. The molecule has 0 radical (unpaired) electrons. The van der Waals surface area contributed by atoms with Crippen molar-refractivity contribution in [2.24, 2.45) is 89.5 Å². The van der Waals surface area contributed by atoms with Crippen LogP contribution in [-0.4, -0.2) is 141 Å². The van der Waals surface area contributed by atoms with E-state index >= 15 is 0 Å². The number of hydrogen-bond acceptors (Lipinski definition) is 6. The van der Waals surface area contributed by atoms with Crippen molar-refractivity contribution in [2.45, 2.75) is 344 Å². The Morgan fingerprint density at radius 2 is 0.510 bits per heavy atom. The summed E-state index contributed by atoms with van der Waals surface area (Å²) in [7, 11) is 6.84. The van der Waals surface area contributed by atoms with Crippen LogP contribution in [0.4, 0.5) is 0 Å². The lowest BCUT2D eigenvalue weighted by Crippen LogP contribution is -2.42. The van der Waals surface area contributed by atoms with Gasteiger partial charge < -0.3 is 36.6 Å². The van der Waals surface area contributed by atoms with E-state index in [1.165, 1.54) is 155 Å². The van der Waals surface area contributed by atoms with Crippen LogP contribution >= 0.6 is 23.2 Å². The topological polar surface area (TPSA) is 94.4 Å². The smallest absolute Gasteiger partial charge is 0.160 e. The van der Waals surface area contributed by atoms with E-state index in [-0.39, 0.29) is 16.9 Å². The molecule has 0 fully saturated rings. The van der Waals surface area contributed by atoms with Gasteiger partial charge in [0.1, 0.15) is 46.4 Å². The van der Waals surface area contributed by atoms with Crippen LogP contribution in [0.2, 0.25) is 0 Å². The van der Waals surface area contributed by atoms with Crippen LogP contribution in [0.15, 0.2) is 0 Å². The second-order valence-electron chi connectivity index (χ2n) is 39.7. The highest BCUT2D eigenvalue weighted by molar-refractivity contribution is 6.15. The van der Waals surface area contributed by atoms with E-state index in [4.69, 9.17) is 5.73 Å². The molecule has 610 valence electrons.